The fourth-order valence-electron chi connectivity index (χ4n) is 4.14. The molecule has 1 aliphatic rings. The number of aryl methyl sites for hydroxylation is 1. The molecule has 0 atom stereocenters. The second kappa shape index (κ2) is 9.41. The normalized spacial score (nSPS) is 15.0. The van der Waals surface area contributed by atoms with E-state index in [2.05, 4.69) is 85.7 Å². The van der Waals surface area contributed by atoms with Crippen LogP contribution in [-0.4, -0.2) is 6.04 Å². The molecule has 0 heterocycles. The molecule has 27 heavy (non-hydrogen) atoms. The minimum absolute atomic E-state index is 0.541. The summed E-state index contributed by atoms with van der Waals surface area (Å²) in [6.07, 6.45) is 13.8. The molecule has 0 saturated heterocycles. The third kappa shape index (κ3) is 4.60. The molecule has 0 N–H and O–H groups in total. The van der Waals surface area contributed by atoms with Crippen molar-refractivity contribution >= 4 is 17.8 Å². The van der Waals surface area contributed by atoms with Crippen LogP contribution in [0.4, 0.5) is 5.69 Å². The van der Waals surface area contributed by atoms with Crippen LogP contribution in [0.5, 0.6) is 0 Å². The standard InChI is InChI=1S/C26H31N/c1-4-22-13-12-14-23(26(22)5-2)20-19-21(3)27(24-15-8-6-9-16-24)25-17-10-7-11-18-25/h5-6,8-9,12-16,19-20,25H,2-4,7,10-11,17-18H2,1H3/b20-19+. The van der Waals surface area contributed by atoms with Crippen LogP contribution >= 0.6 is 0 Å². The van der Waals surface area contributed by atoms with E-state index in [-0.39, 0.29) is 0 Å². The predicted molar refractivity (Wildman–Crippen MR) is 120 cm³/mol. The largest absolute Gasteiger partial charge is 0.339 e. The quantitative estimate of drug-likeness (QED) is 0.471. The van der Waals surface area contributed by atoms with Crippen molar-refractivity contribution in [2.75, 3.05) is 4.90 Å². The first kappa shape index (κ1) is 19.2. The number of rotatable bonds is 7. The molecule has 0 spiro atoms. The summed E-state index contributed by atoms with van der Waals surface area (Å²) in [5.74, 6) is 0. The maximum atomic E-state index is 4.43. The van der Waals surface area contributed by atoms with Gasteiger partial charge in [-0.3, -0.25) is 0 Å². The smallest absolute Gasteiger partial charge is 0.0413 e. The summed E-state index contributed by atoms with van der Waals surface area (Å²) in [6.45, 7) is 10.6. The molecule has 0 bridgehead atoms. The van der Waals surface area contributed by atoms with Crippen molar-refractivity contribution < 1.29 is 0 Å². The second-order valence-electron chi connectivity index (χ2n) is 7.30. The first-order chi connectivity index (χ1) is 13.2. The highest BCUT2D eigenvalue weighted by atomic mass is 15.2. The van der Waals surface area contributed by atoms with Gasteiger partial charge in [-0.2, -0.15) is 0 Å². The molecule has 0 amide bonds. The highest BCUT2D eigenvalue weighted by Gasteiger charge is 2.22. The third-order valence-electron chi connectivity index (χ3n) is 5.55. The van der Waals surface area contributed by atoms with E-state index >= 15 is 0 Å². The molecule has 0 unspecified atom stereocenters. The van der Waals surface area contributed by atoms with E-state index in [9.17, 15) is 0 Å². The Morgan fingerprint density at radius 2 is 1.78 bits per heavy atom. The molecule has 0 aromatic heterocycles. The van der Waals surface area contributed by atoms with Crippen LogP contribution in [0.1, 0.15) is 55.7 Å². The number of allylic oxidation sites excluding steroid dienone is 1. The molecule has 0 radical (unpaired) electrons. The van der Waals surface area contributed by atoms with Gasteiger partial charge in [-0.1, -0.05) is 87.9 Å². The van der Waals surface area contributed by atoms with Gasteiger partial charge in [0.05, 0.1) is 0 Å². The topological polar surface area (TPSA) is 3.24 Å². The Hall–Kier alpha value is -2.54. The second-order valence-corrected chi connectivity index (χ2v) is 7.30. The van der Waals surface area contributed by atoms with Crippen molar-refractivity contribution in [3.05, 3.63) is 90.2 Å². The van der Waals surface area contributed by atoms with Crippen LogP contribution in [0.2, 0.25) is 0 Å². The Labute approximate surface area is 164 Å². The van der Waals surface area contributed by atoms with Crippen LogP contribution in [0.15, 0.2) is 73.5 Å². The predicted octanol–water partition coefficient (Wildman–Crippen LogP) is 7.26. The van der Waals surface area contributed by atoms with Crippen LogP contribution in [-0.2, 0) is 6.42 Å². The van der Waals surface area contributed by atoms with Crippen LogP contribution < -0.4 is 4.90 Å². The van der Waals surface area contributed by atoms with E-state index in [4.69, 9.17) is 0 Å². The Kier molecular flexibility index (Phi) is 6.70. The van der Waals surface area contributed by atoms with Crippen LogP contribution in [0.3, 0.4) is 0 Å². The minimum Gasteiger partial charge on any atom is -0.339 e. The third-order valence-corrected chi connectivity index (χ3v) is 5.55. The van der Waals surface area contributed by atoms with Crippen molar-refractivity contribution in [3.8, 4) is 0 Å². The Morgan fingerprint density at radius 3 is 2.44 bits per heavy atom. The lowest BCUT2D eigenvalue weighted by Crippen LogP contribution is -2.35. The zero-order valence-electron chi connectivity index (χ0n) is 16.5. The average molecular weight is 358 g/mol. The van der Waals surface area contributed by atoms with E-state index in [0.717, 1.165) is 12.1 Å². The summed E-state index contributed by atoms with van der Waals surface area (Å²) < 4.78 is 0. The van der Waals surface area contributed by atoms with Gasteiger partial charge in [-0.15, -0.1) is 0 Å². The number of anilines is 1. The van der Waals surface area contributed by atoms with Gasteiger partial charge in [0.25, 0.3) is 0 Å². The molecule has 1 fully saturated rings. The molecule has 2 aromatic carbocycles. The monoisotopic (exact) mass is 357 g/mol. The number of nitrogens with zero attached hydrogens (tertiary/aromatic N) is 1. The first-order valence-electron chi connectivity index (χ1n) is 10.2. The maximum Gasteiger partial charge on any atom is 0.0413 e. The molecular formula is C26H31N. The zero-order valence-corrected chi connectivity index (χ0v) is 16.5. The van der Waals surface area contributed by atoms with Gasteiger partial charge in [0, 0.05) is 17.4 Å². The van der Waals surface area contributed by atoms with E-state index in [1.54, 1.807) is 0 Å². The molecule has 1 nitrogen and oxygen atoms in total. The van der Waals surface area contributed by atoms with Gasteiger partial charge in [-0.25, -0.2) is 0 Å². The van der Waals surface area contributed by atoms with Crippen LogP contribution in [0.25, 0.3) is 12.2 Å². The SMILES string of the molecule is C=Cc1c(/C=C/C(=C)N(c2ccccc2)C2CCCCC2)cccc1CC. The van der Waals surface area contributed by atoms with Crippen molar-refractivity contribution in [3.63, 3.8) is 0 Å². The molecule has 3 rings (SSSR count). The fraction of sp³-hybridized carbons (Fsp3) is 0.308. The summed E-state index contributed by atoms with van der Waals surface area (Å²) in [6, 6.07) is 17.7. The zero-order chi connectivity index (χ0) is 19.1. The number of hydrogen-bond donors (Lipinski definition) is 0. The van der Waals surface area contributed by atoms with E-state index in [0.29, 0.717) is 6.04 Å². The minimum atomic E-state index is 0.541. The molecular weight excluding hydrogens is 326 g/mol. The molecule has 1 heteroatoms. The molecule has 0 aliphatic heterocycles. The highest BCUT2D eigenvalue weighted by Crippen LogP contribution is 2.31. The van der Waals surface area contributed by atoms with Crippen molar-refractivity contribution in [2.45, 2.75) is 51.5 Å². The average Bonchev–Trinajstić information content (AvgIpc) is 2.73. The molecule has 1 saturated carbocycles. The summed E-state index contributed by atoms with van der Waals surface area (Å²) in [4.78, 5) is 2.44. The van der Waals surface area contributed by atoms with Gasteiger partial charge in [0.1, 0.15) is 0 Å². The van der Waals surface area contributed by atoms with Crippen molar-refractivity contribution in [1.29, 1.82) is 0 Å². The number of benzene rings is 2. The fourth-order valence-corrected chi connectivity index (χ4v) is 4.14. The van der Waals surface area contributed by atoms with Gasteiger partial charge >= 0.3 is 0 Å². The molecule has 1 aliphatic carbocycles. The Morgan fingerprint density at radius 1 is 1.04 bits per heavy atom. The highest BCUT2D eigenvalue weighted by molar-refractivity contribution is 5.69. The summed E-state index contributed by atoms with van der Waals surface area (Å²) in [7, 11) is 0. The molecule has 140 valence electrons. The number of para-hydroxylation sites is 1. The van der Waals surface area contributed by atoms with Gasteiger partial charge in [0.15, 0.2) is 0 Å². The van der Waals surface area contributed by atoms with Crippen molar-refractivity contribution in [2.24, 2.45) is 0 Å². The number of hydrogen-bond acceptors (Lipinski definition) is 1. The van der Waals surface area contributed by atoms with Gasteiger partial charge in [-0.05, 0) is 54.2 Å². The Bertz CT molecular complexity index is 794. The van der Waals surface area contributed by atoms with E-state index in [1.165, 1.54) is 54.5 Å². The van der Waals surface area contributed by atoms with Crippen LogP contribution in [0, 0.1) is 0 Å². The lowest BCUT2D eigenvalue weighted by Gasteiger charge is -2.36. The van der Waals surface area contributed by atoms with E-state index < -0.39 is 0 Å². The maximum absolute atomic E-state index is 4.43. The summed E-state index contributed by atoms with van der Waals surface area (Å²) >= 11 is 0. The summed E-state index contributed by atoms with van der Waals surface area (Å²) in [5, 5.41) is 0. The Balaban J connectivity index is 1.89. The summed E-state index contributed by atoms with van der Waals surface area (Å²) in [5.41, 5.74) is 6.08. The lowest BCUT2D eigenvalue weighted by molar-refractivity contribution is 0.431. The van der Waals surface area contributed by atoms with E-state index in [1.807, 2.05) is 6.08 Å². The molecule has 2 aromatic rings. The lowest BCUT2D eigenvalue weighted by atomic mass is 9.93. The van der Waals surface area contributed by atoms with Gasteiger partial charge < -0.3 is 4.90 Å². The van der Waals surface area contributed by atoms with Gasteiger partial charge in [0.2, 0.25) is 0 Å². The first-order valence-corrected chi connectivity index (χ1v) is 10.2. The van der Waals surface area contributed by atoms with Crippen molar-refractivity contribution in [1.82, 2.24) is 0 Å².